The number of benzene rings is 2. The van der Waals surface area contributed by atoms with E-state index in [-0.39, 0.29) is 5.91 Å². The zero-order valence-electron chi connectivity index (χ0n) is 12.5. The van der Waals surface area contributed by atoms with Crippen LogP contribution in [0.5, 0.6) is 17.2 Å². The van der Waals surface area contributed by atoms with Crippen LogP contribution in [0.1, 0.15) is 10.4 Å². The van der Waals surface area contributed by atoms with Gasteiger partial charge in [0.15, 0.2) is 0 Å². The third kappa shape index (κ3) is 3.51. The van der Waals surface area contributed by atoms with Crippen LogP contribution in [0.4, 0.5) is 5.69 Å². The van der Waals surface area contributed by atoms with Crippen LogP contribution in [0, 0.1) is 0 Å². The highest BCUT2D eigenvalue weighted by molar-refractivity contribution is 9.10. The highest BCUT2D eigenvalue weighted by Gasteiger charge is 2.15. The highest BCUT2D eigenvalue weighted by Crippen LogP contribution is 2.30. The van der Waals surface area contributed by atoms with Crippen molar-refractivity contribution in [1.29, 1.82) is 0 Å². The molecule has 0 fully saturated rings. The predicted molar refractivity (Wildman–Crippen MR) is 88.2 cm³/mol. The number of hydrogen-bond donors (Lipinski definition) is 1. The van der Waals surface area contributed by atoms with Gasteiger partial charge in [-0.15, -0.1) is 0 Å². The molecule has 2 aromatic carbocycles. The maximum Gasteiger partial charge on any atom is 0.259 e. The lowest BCUT2D eigenvalue weighted by Crippen LogP contribution is -2.14. The predicted octanol–water partition coefficient (Wildman–Crippen LogP) is 3.73. The van der Waals surface area contributed by atoms with E-state index in [2.05, 4.69) is 21.2 Å². The van der Waals surface area contributed by atoms with Gasteiger partial charge in [-0.3, -0.25) is 4.79 Å². The fraction of sp³-hybridized carbons (Fsp3) is 0.188. The molecule has 2 rings (SSSR count). The zero-order valence-corrected chi connectivity index (χ0v) is 14.1. The van der Waals surface area contributed by atoms with Gasteiger partial charge >= 0.3 is 0 Å². The normalized spacial score (nSPS) is 10.0. The number of amides is 1. The summed E-state index contributed by atoms with van der Waals surface area (Å²) < 4.78 is 16.4. The Morgan fingerprint density at radius 1 is 0.955 bits per heavy atom. The molecule has 0 unspecified atom stereocenters. The van der Waals surface area contributed by atoms with E-state index in [1.807, 2.05) is 6.07 Å². The van der Waals surface area contributed by atoms with Crippen LogP contribution >= 0.6 is 15.9 Å². The quantitative estimate of drug-likeness (QED) is 0.876. The van der Waals surface area contributed by atoms with Crippen LogP contribution in [0.2, 0.25) is 0 Å². The first-order chi connectivity index (χ1) is 10.6. The van der Waals surface area contributed by atoms with Crippen LogP contribution in [0.25, 0.3) is 0 Å². The summed E-state index contributed by atoms with van der Waals surface area (Å²) in [4.78, 5) is 12.5. The molecule has 0 spiro atoms. The molecule has 6 heteroatoms. The van der Waals surface area contributed by atoms with E-state index >= 15 is 0 Å². The Hall–Kier alpha value is -2.21. The summed E-state index contributed by atoms with van der Waals surface area (Å²) >= 11 is 3.35. The summed E-state index contributed by atoms with van der Waals surface area (Å²) in [6.07, 6.45) is 0. The molecule has 0 aliphatic rings. The maximum absolute atomic E-state index is 12.5. The van der Waals surface area contributed by atoms with Gasteiger partial charge in [0.25, 0.3) is 5.91 Å². The second-order valence-electron chi connectivity index (χ2n) is 4.36. The molecular formula is C16H16BrNO4. The second kappa shape index (κ2) is 7.17. The smallest absolute Gasteiger partial charge is 0.259 e. The van der Waals surface area contributed by atoms with E-state index in [0.717, 1.165) is 4.47 Å². The molecule has 1 N–H and O–H groups in total. The summed E-state index contributed by atoms with van der Waals surface area (Å²) in [7, 11) is 4.62. The van der Waals surface area contributed by atoms with Crippen molar-refractivity contribution in [3.05, 3.63) is 46.4 Å². The Balaban J connectivity index is 2.34. The lowest BCUT2D eigenvalue weighted by Gasteiger charge is -2.13. The largest absolute Gasteiger partial charge is 0.497 e. The number of ether oxygens (including phenoxy) is 3. The van der Waals surface area contributed by atoms with Crippen molar-refractivity contribution in [3.8, 4) is 17.2 Å². The van der Waals surface area contributed by atoms with E-state index in [0.29, 0.717) is 28.5 Å². The van der Waals surface area contributed by atoms with Crippen LogP contribution in [-0.4, -0.2) is 27.2 Å². The Morgan fingerprint density at radius 3 is 2.27 bits per heavy atom. The first kappa shape index (κ1) is 16.2. The van der Waals surface area contributed by atoms with Crippen LogP contribution in [-0.2, 0) is 0 Å². The summed E-state index contributed by atoms with van der Waals surface area (Å²) in [5.41, 5.74) is 0.940. The molecule has 1 amide bonds. The van der Waals surface area contributed by atoms with Gasteiger partial charge in [0.2, 0.25) is 0 Å². The summed E-state index contributed by atoms with van der Waals surface area (Å²) in [6, 6.07) is 10.4. The number of anilines is 1. The molecule has 0 aliphatic heterocycles. The topological polar surface area (TPSA) is 56.8 Å². The molecule has 5 nitrogen and oxygen atoms in total. The van der Waals surface area contributed by atoms with E-state index in [1.165, 1.54) is 14.2 Å². The fourth-order valence-electron chi connectivity index (χ4n) is 1.96. The van der Waals surface area contributed by atoms with Gasteiger partial charge in [0.05, 0.1) is 32.6 Å². The molecule has 0 bridgehead atoms. The Bertz CT molecular complexity index is 688. The minimum absolute atomic E-state index is 0.301. The molecule has 0 saturated heterocycles. The number of methoxy groups -OCH3 is 3. The number of halogens is 1. The van der Waals surface area contributed by atoms with Crippen molar-refractivity contribution < 1.29 is 19.0 Å². The molecule has 0 radical (unpaired) electrons. The van der Waals surface area contributed by atoms with E-state index < -0.39 is 0 Å². The molecule has 22 heavy (non-hydrogen) atoms. The SMILES string of the molecule is COc1ccc(OC)c(NC(=O)c2cc(Br)ccc2OC)c1. The number of carbonyl (C=O) groups excluding carboxylic acids is 1. The lowest BCUT2D eigenvalue weighted by atomic mass is 10.1. The minimum atomic E-state index is -0.301. The summed E-state index contributed by atoms with van der Waals surface area (Å²) in [5, 5.41) is 2.81. The molecule has 0 saturated carbocycles. The Kier molecular flexibility index (Phi) is 5.27. The third-order valence-corrected chi connectivity index (χ3v) is 3.55. The first-order valence-corrected chi connectivity index (χ1v) is 7.25. The number of nitrogens with one attached hydrogen (secondary N) is 1. The summed E-state index contributed by atoms with van der Waals surface area (Å²) in [6.45, 7) is 0. The fourth-order valence-corrected chi connectivity index (χ4v) is 2.32. The first-order valence-electron chi connectivity index (χ1n) is 6.46. The van der Waals surface area contributed by atoms with Gasteiger partial charge in [0.1, 0.15) is 17.2 Å². The maximum atomic E-state index is 12.5. The van der Waals surface area contributed by atoms with Crippen molar-refractivity contribution in [2.75, 3.05) is 26.6 Å². The van der Waals surface area contributed by atoms with Crippen molar-refractivity contribution in [2.45, 2.75) is 0 Å². The van der Waals surface area contributed by atoms with E-state index in [9.17, 15) is 4.79 Å². The molecule has 2 aromatic rings. The van der Waals surface area contributed by atoms with Crippen molar-refractivity contribution >= 4 is 27.5 Å². The van der Waals surface area contributed by atoms with Gasteiger partial charge in [-0.2, -0.15) is 0 Å². The van der Waals surface area contributed by atoms with E-state index in [1.54, 1.807) is 37.4 Å². The molecular weight excluding hydrogens is 350 g/mol. The average molecular weight is 366 g/mol. The Morgan fingerprint density at radius 2 is 1.64 bits per heavy atom. The number of carbonyl (C=O) groups is 1. The Labute approximate surface area is 137 Å². The van der Waals surface area contributed by atoms with Crippen LogP contribution < -0.4 is 19.5 Å². The van der Waals surface area contributed by atoms with Gasteiger partial charge in [-0.1, -0.05) is 15.9 Å². The van der Waals surface area contributed by atoms with Gasteiger partial charge in [-0.25, -0.2) is 0 Å². The average Bonchev–Trinajstić information content (AvgIpc) is 2.54. The zero-order chi connectivity index (χ0) is 16.1. The van der Waals surface area contributed by atoms with Crippen molar-refractivity contribution in [2.24, 2.45) is 0 Å². The van der Waals surface area contributed by atoms with Gasteiger partial charge < -0.3 is 19.5 Å². The van der Waals surface area contributed by atoms with E-state index in [4.69, 9.17) is 14.2 Å². The second-order valence-corrected chi connectivity index (χ2v) is 5.28. The third-order valence-electron chi connectivity index (χ3n) is 3.06. The molecule has 0 heterocycles. The molecule has 0 atom stereocenters. The molecule has 0 aromatic heterocycles. The number of rotatable bonds is 5. The van der Waals surface area contributed by atoms with Crippen LogP contribution in [0.3, 0.4) is 0 Å². The lowest BCUT2D eigenvalue weighted by molar-refractivity contribution is 0.102. The van der Waals surface area contributed by atoms with Gasteiger partial charge in [-0.05, 0) is 30.3 Å². The van der Waals surface area contributed by atoms with Gasteiger partial charge in [0, 0.05) is 10.5 Å². The number of hydrogen-bond acceptors (Lipinski definition) is 4. The minimum Gasteiger partial charge on any atom is -0.497 e. The van der Waals surface area contributed by atoms with Crippen molar-refractivity contribution in [3.63, 3.8) is 0 Å². The summed E-state index contributed by atoms with van der Waals surface area (Å²) in [5.74, 6) is 1.35. The standard InChI is InChI=1S/C16H16BrNO4/c1-20-11-5-7-15(22-3)13(9-11)18-16(19)12-8-10(17)4-6-14(12)21-2/h4-9H,1-3H3,(H,18,19). The molecule has 116 valence electrons. The monoisotopic (exact) mass is 365 g/mol. The highest BCUT2D eigenvalue weighted by atomic mass is 79.9. The van der Waals surface area contributed by atoms with Crippen LogP contribution in [0.15, 0.2) is 40.9 Å². The molecule has 0 aliphatic carbocycles. The van der Waals surface area contributed by atoms with Crippen molar-refractivity contribution in [1.82, 2.24) is 0 Å².